The van der Waals surface area contributed by atoms with Crippen molar-refractivity contribution < 1.29 is 23.8 Å². The number of imide groups is 1. The Bertz CT molecular complexity index is 1040. The molecule has 152 valence electrons. The fourth-order valence-corrected chi connectivity index (χ4v) is 3.23. The molecule has 2 aromatic carbocycles. The molecule has 0 radical (unpaired) electrons. The third-order valence-electron chi connectivity index (χ3n) is 4.39. The third-order valence-corrected chi connectivity index (χ3v) is 5.15. The number of benzene rings is 2. The molecule has 0 fully saturated rings. The van der Waals surface area contributed by atoms with E-state index in [-0.39, 0.29) is 22.2 Å². The first kappa shape index (κ1) is 20.8. The van der Waals surface area contributed by atoms with Crippen LogP contribution in [0.3, 0.4) is 0 Å². The SMILES string of the molecule is COc1ccc(OC)c(NC2=C(Cl)C(=O)N(c3cc(C)c(Cl)cc3OC)C2=O)c1. The summed E-state index contributed by atoms with van der Waals surface area (Å²) in [6.07, 6.45) is 0. The maximum atomic E-state index is 13.1. The average molecular weight is 437 g/mol. The molecule has 2 aromatic rings. The van der Waals surface area contributed by atoms with Crippen LogP contribution >= 0.6 is 23.2 Å². The quantitative estimate of drug-likeness (QED) is 0.686. The Morgan fingerprint density at radius 1 is 0.897 bits per heavy atom. The van der Waals surface area contributed by atoms with Crippen LogP contribution in [0.1, 0.15) is 5.56 Å². The number of carbonyl (C=O) groups is 2. The summed E-state index contributed by atoms with van der Waals surface area (Å²) in [5, 5.41) is 3.08. The van der Waals surface area contributed by atoms with E-state index in [0.717, 1.165) is 4.90 Å². The van der Waals surface area contributed by atoms with Crippen LogP contribution in [0.4, 0.5) is 11.4 Å². The van der Waals surface area contributed by atoms with E-state index < -0.39 is 11.8 Å². The van der Waals surface area contributed by atoms with Gasteiger partial charge >= 0.3 is 0 Å². The largest absolute Gasteiger partial charge is 0.497 e. The molecule has 0 spiro atoms. The zero-order chi connectivity index (χ0) is 21.3. The molecule has 0 saturated heterocycles. The number of ether oxygens (including phenoxy) is 3. The van der Waals surface area contributed by atoms with Gasteiger partial charge < -0.3 is 19.5 Å². The molecule has 0 atom stereocenters. The summed E-state index contributed by atoms with van der Waals surface area (Å²) in [6.45, 7) is 1.76. The van der Waals surface area contributed by atoms with Crippen LogP contribution in [0, 0.1) is 6.92 Å². The minimum Gasteiger partial charge on any atom is -0.497 e. The van der Waals surface area contributed by atoms with Gasteiger partial charge in [0.15, 0.2) is 0 Å². The van der Waals surface area contributed by atoms with Crippen LogP contribution < -0.4 is 24.4 Å². The van der Waals surface area contributed by atoms with Crippen molar-refractivity contribution in [3.63, 3.8) is 0 Å². The summed E-state index contributed by atoms with van der Waals surface area (Å²) in [5.74, 6) is -0.0621. The highest BCUT2D eigenvalue weighted by Crippen LogP contribution is 2.39. The number of halogens is 2. The van der Waals surface area contributed by atoms with Gasteiger partial charge in [0.2, 0.25) is 0 Å². The van der Waals surface area contributed by atoms with Gasteiger partial charge in [0.05, 0.1) is 32.7 Å². The second kappa shape index (κ2) is 8.23. The lowest BCUT2D eigenvalue weighted by Gasteiger charge is -2.19. The Hall–Kier alpha value is -2.90. The predicted molar refractivity (Wildman–Crippen MR) is 111 cm³/mol. The van der Waals surface area contributed by atoms with E-state index in [9.17, 15) is 9.59 Å². The number of hydrogen-bond acceptors (Lipinski definition) is 6. The topological polar surface area (TPSA) is 77.1 Å². The van der Waals surface area contributed by atoms with Gasteiger partial charge in [-0.1, -0.05) is 23.2 Å². The zero-order valence-corrected chi connectivity index (χ0v) is 17.6. The van der Waals surface area contributed by atoms with E-state index in [1.165, 1.54) is 27.4 Å². The highest BCUT2D eigenvalue weighted by Gasteiger charge is 2.40. The molecule has 0 unspecified atom stereocenters. The van der Waals surface area contributed by atoms with Gasteiger partial charge in [-0.25, -0.2) is 4.90 Å². The lowest BCUT2D eigenvalue weighted by atomic mass is 10.2. The second-order valence-corrected chi connectivity index (χ2v) is 6.88. The van der Waals surface area contributed by atoms with E-state index in [1.807, 2.05) is 0 Å². The van der Waals surface area contributed by atoms with Crippen LogP contribution in [-0.2, 0) is 9.59 Å². The number of hydrogen-bond donors (Lipinski definition) is 1. The van der Waals surface area contributed by atoms with Crippen molar-refractivity contribution in [3.05, 3.63) is 51.6 Å². The van der Waals surface area contributed by atoms with Crippen LogP contribution in [-0.4, -0.2) is 33.1 Å². The Balaban J connectivity index is 2.02. The molecule has 3 rings (SSSR count). The first-order chi connectivity index (χ1) is 13.8. The van der Waals surface area contributed by atoms with E-state index in [4.69, 9.17) is 37.4 Å². The van der Waals surface area contributed by atoms with Crippen molar-refractivity contribution in [2.45, 2.75) is 6.92 Å². The van der Waals surface area contributed by atoms with Gasteiger partial charge in [-0.05, 0) is 30.7 Å². The van der Waals surface area contributed by atoms with Crippen molar-refractivity contribution >= 4 is 46.4 Å². The average Bonchev–Trinajstić information content (AvgIpc) is 2.92. The summed E-state index contributed by atoms with van der Waals surface area (Å²) in [4.78, 5) is 26.8. The molecule has 1 aliphatic heterocycles. The molecule has 2 amide bonds. The van der Waals surface area contributed by atoms with Gasteiger partial charge in [-0.15, -0.1) is 0 Å². The summed E-state index contributed by atoms with van der Waals surface area (Å²) in [7, 11) is 4.42. The van der Waals surface area contributed by atoms with Gasteiger partial charge in [0, 0.05) is 17.2 Å². The first-order valence-electron chi connectivity index (χ1n) is 8.44. The van der Waals surface area contributed by atoms with Crippen LogP contribution in [0.2, 0.25) is 5.02 Å². The molecule has 9 heteroatoms. The van der Waals surface area contributed by atoms with Gasteiger partial charge in [-0.3, -0.25) is 9.59 Å². The number of nitrogens with zero attached hydrogens (tertiary/aromatic N) is 1. The minimum atomic E-state index is -0.680. The van der Waals surface area contributed by atoms with E-state index in [0.29, 0.717) is 27.8 Å². The molecule has 1 heterocycles. The molecule has 1 aliphatic rings. The maximum absolute atomic E-state index is 13.1. The lowest BCUT2D eigenvalue weighted by molar-refractivity contribution is -0.120. The molecule has 0 aliphatic carbocycles. The Morgan fingerprint density at radius 2 is 1.59 bits per heavy atom. The van der Waals surface area contributed by atoms with Crippen molar-refractivity contribution in [2.24, 2.45) is 0 Å². The summed E-state index contributed by atoms with van der Waals surface area (Å²) < 4.78 is 15.8. The van der Waals surface area contributed by atoms with Gasteiger partial charge in [0.25, 0.3) is 11.8 Å². The Kier molecular flexibility index (Phi) is 5.91. The normalized spacial score (nSPS) is 13.8. The van der Waals surface area contributed by atoms with Crippen molar-refractivity contribution in [1.29, 1.82) is 0 Å². The highest BCUT2D eigenvalue weighted by atomic mass is 35.5. The Morgan fingerprint density at radius 3 is 2.21 bits per heavy atom. The van der Waals surface area contributed by atoms with E-state index in [2.05, 4.69) is 5.32 Å². The van der Waals surface area contributed by atoms with Crippen molar-refractivity contribution in [3.8, 4) is 17.2 Å². The van der Waals surface area contributed by atoms with Gasteiger partial charge in [0.1, 0.15) is 28.0 Å². The van der Waals surface area contributed by atoms with Crippen molar-refractivity contribution in [1.82, 2.24) is 0 Å². The molecular formula is C20H18Cl2N2O5. The minimum absolute atomic E-state index is 0.0853. The molecule has 1 N–H and O–H groups in total. The predicted octanol–water partition coefficient (Wildman–Crippen LogP) is 4.11. The fraction of sp³-hybridized carbons (Fsp3) is 0.200. The molecule has 0 aromatic heterocycles. The monoisotopic (exact) mass is 436 g/mol. The Labute approximate surface area is 177 Å². The summed E-state index contributed by atoms with van der Waals surface area (Å²) in [5.41, 5.74) is 1.26. The molecular weight excluding hydrogens is 419 g/mol. The number of rotatable bonds is 6. The van der Waals surface area contributed by atoms with E-state index in [1.54, 1.807) is 31.2 Å². The number of carbonyl (C=O) groups excluding carboxylic acids is 2. The second-order valence-electron chi connectivity index (χ2n) is 6.10. The highest BCUT2D eigenvalue weighted by molar-refractivity contribution is 6.53. The zero-order valence-electron chi connectivity index (χ0n) is 16.1. The molecule has 29 heavy (non-hydrogen) atoms. The summed E-state index contributed by atoms with van der Waals surface area (Å²) in [6, 6.07) is 8.13. The lowest BCUT2D eigenvalue weighted by Crippen LogP contribution is -2.32. The molecule has 0 saturated carbocycles. The van der Waals surface area contributed by atoms with Crippen molar-refractivity contribution in [2.75, 3.05) is 31.5 Å². The van der Waals surface area contributed by atoms with Crippen LogP contribution in [0.5, 0.6) is 17.2 Å². The number of anilines is 2. The third kappa shape index (κ3) is 3.71. The van der Waals surface area contributed by atoms with E-state index >= 15 is 0 Å². The summed E-state index contributed by atoms with van der Waals surface area (Å²) >= 11 is 12.3. The van der Waals surface area contributed by atoms with Crippen LogP contribution in [0.15, 0.2) is 41.1 Å². The molecule has 7 nitrogen and oxygen atoms in total. The number of nitrogens with one attached hydrogen (secondary N) is 1. The maximum Gasteiger partial charge on any atom is 0.283 e. The first-order valence-corrected chi connectivity index (χ1v) is 9.19. The standard InChI is InChI=1S/C20H18Cl2N2O5/c1-10-7-14(16(29-4)9-12(10)21)24-19(25)17(22)18(20(24)26)23-13-8-11(27-2)5-6-15(13)28-3/h5-9,23H,1-4H3. The number of aryl methyl sites for hydroxylation is 1. The van der Waals surface area contributed by atoms with Crippen LogP contribution in [0.25, 0.3) is 0 Å². The van der Waals surface area contributed by atoms with Gasteiger partial charge in [-0.2, -0.15) is 0 Å². The number of amides is 2. The molecule has 0 bridgehead atoms. The number of methoxy groups -OCH3 is 3. The smallest absolute Gasteiger partial charge is 0.283 e. The fourth-order valence-electron chi connectivity index (χ4n) is 2.86.